The van der Waals surface area contributed by atoms with Crippen LogP contribution in [0.1, 0.15) is 20.8 Å². The Bertz CT molecular complexity index is 151. The van der Waals surface area contributed by atoms with Gasteiger partial charge in [0.05, 0.1) is 0 Å². The van der Waals surface area contributed by atoms with Gasteiger partial charge in [-0.05, 0) is 26.1 Å². The third-order valence-corrected chi connectivity index (χ3v) is 3.68. The first kappa shape index (κ1) is 17.1. The Morgan fingerprint density at radius 1 is 1.23 bits per heavy atom. The van der Waals surface area contributed by atoms with E-state index < -0.39 is 8.80 Å². The molecule has 0 unspecified atom stereocenters. The molecule has 74 valence electrons. The minimum atomic E-state index is -2.45. The molecule has 0 aliphatic heterocycles. The SMILES string of the molecule is CCO[Si](C)(OCC)OC(C)=S.[KH]. The molecule has 3 nitrogen and oxygen atoms in total. The van der Waals surface area contributed by atoms with Crippen LogP contribution in [-0.2, 0) is 13.3 Å². The first-order valence-electron chi connectivity index (χ1n) is 4.01. The quantitative estimate of drug-likeness (QED) is 0.542. The predicted octanol–water partition coefficient (Wildman–Crippen LogP) is 1.34. The van der Waals surface area contributed by atoms with Crippen molar-refractivity contribution in [2.75, 3.05) is 13.2 Å². The van der Waals surface area contributed by atoms with Crippen molar-refractivity contribution in [1.82, 2.24) is 0 Å². The van der Waals surface area contributed by atoms with E-state index >= 15 is 0 Å². The summed E-state index contributed by atoms with van der Waals surface area (Å²) in [6.45, 7) is 8.56. The van der Waals surface area contributed by atoms with E-state index in [1.807, 2.05) is 20.4 Å². The summed E-state index contributed by atoms with van der Waals surface area (Å²) in [5.74, 6) is 0. The van der Waals surface area contributed by atoms with Gasteiger partial charge in [0.2, 0.25) is 0 Å². The molecule has 6 heteroatoms. The Morgan fingerprint density at radius 3 is 1.85 bits per heavy atom. The number of hydrogen-bond acceptors (Lipinski definition) is 4. The molecule has 0 N–H and O–H groups in total. The molecule has 0 aromatic heterocycles. The zero-order chi connectivity index (χ0) is 9.61. The molecule has 0 fully saturated rings. The molecule has 0 aromatic rings. The molecular weight excluding hydrogens is 231 g/mol. The van der Waals surface area contributed by atoms with Gasteiger partial charge in [0.25, 0.3) is 0 Å². The van der Waals surface area contributed by atoms with Crippen molar-refractivity contribution in [3.63, 3.8) is 0 Å². The van der Waals surface area contributed by atoms with Crippen molar-refractivity contribution in [2.24, 2.45) is 0 Å². The van der Waals surface area contributed by atoms with Crippen LogP contribution in [0, 0.1) is 0 Å². The maximum absolute atomic E-state index is 5.39. The van der Waals surface area contributed by atoms with E-state index in [9.17, 15) is 0 Å². The van der Waals surface area contributed by atoms with Crippen molar-refractivity contribution in [3.05, 3.63) is 0 Å². The van der Waals surface area contributed by atoms with Gasteiger partial charge in [-0.15, -0.1) is 0 Å². The maximum atomic E-state index is 5.39. The second-order valence-electron chi connectivity index (χ2n) is 2.32. The molecule has 13 heavy (non-hydrogen) atoms. The van der Waals surface area contributed by atoms with Crippen LogP contribution < -0.4 is 0 Å². The topological polar surface area (TPSA) is 27.7 Å². The Hall–Kier alpha value is 1.66. The summed E-state index contributed by atoms with van der Waals surface area (Å²) in [7, 11) is -2.45. The van der Waals surface area contributed by atoms with Crippen LogP contribution in [-0.4, -0.2) is 78.5 Å². The van der Waals surface area contributed by atoms with E-state index in [2.05, 4.69) is 0 Å². The molecule has 0 saturated carbocycles. The fourth-order valence-electron chi connectivity index (χ4n) is 0.886. The van der Waals surface area contributed by atoms with Crippen molar-refractivity contribution < 1.29 is 13.3 Å². The van der Waals surface area contributed by atoms with E-state index in [-0.39, 0.29) is 51.4 Å². The van der Waals surface area contributed by atoms with Crippen LogP contribution in [0.15, 0.2) is 0 Å². The fourth-order valence-corrected chi connectivity index (χ4v) is 3.11. The Kier molecular flexibility index (Phi) is 11.7. The van der Waals surface area contributed by atoms with Gasteiger partial charge < -0.3 is 13.3 Å². The number of thiocarbonyl (C=S) groups is 1. The summed E-state index contributed by atoms with van der Waals surface area (Å²) in [5, 5.41) is 0.478. The molecule has 0 aliphatic rings. The van der Waals surface area contributed by atoms with Gasteiger partial charge in [-0.25, -0.2) is 0 Å². The third kappa shape index (κ3) is 8.64. The van der Waals surface area contributed by atoms with Crippen LogP contribution >= 0.6 is 12.2 Å². The second kappa shape index (κ2) is 8.93. The summed E-state index contributed by atoms with van der Waals surface area (Å²) in [5.41, 5.74) is 0. The van der Waals surface area contributed by atoms with Gasteiger partial charge >= 0.3 is 60.2 Å². The molecule has 0 bridgehead atoms. The second-order valence-corrected chi connectivity index (χ2v) is 5.40. The first-order valence-corrected chi connectivity index (χ1v) is 6.65. The predicted molar refractivity (Wildman–Crippen MR) is 61.4 cm³/mol. The van der Waals surface area contributed by atoms with Crippen molar-refractivity contribution in [3.8, 4) is 0 Å². The van der Waals surface area contributed by atoms with E-state index in [0.29, 0.717) is 18.3 Å². The summed E-state index contributed by atoms with van der Waals surface area (Å²) >= 11 is 4.82. The van der Waals surface area contributed by atoms with Crippen molar-refractivity contribution in [2.45, 2.75) is 27.3 Å². The van der Waals surface area contributed by atoms with Crippen LogP contribution in [0.2, 0.25) is 6.55 Å². The monoisotopic (exact) mass is 248 g/mol. The van der Waals surface area contributed by atoms with Crippen molar-refractivity contribution in [1.29, 1.82) is 0 Å². The van der Waals surface area contributed by atoms with Gasteiger partial charge in [0, 0.05) is 26.7 Å². The number of hydrogen-bond donors (Lipinski definition) is 0. The van der Waals surface area contributed by atoms with Crippen LogP contribution in [0.25, 0.3) is 0 Å². The van der Waals surface area contributed by atoms with Gasteiger partial charge in [-0.3, -0.25) is 0 Å². The van der Waals surface area contributed by atoms with E-state index in [1.165, 1.54) is 0 Å². The van der Waals surface area contributed by atoms with Gasteiger partial charge in [0.1, 0.15) is 5.05 Å². The Morgan fingerprint density at radius 2 is 1.62 bits per heavy atom. The van der Waals surface area contributed by atoms with E-state index in [0.717, 1.165) is 0 Å². The molecule has 0 radical (unpaired) electrons. The summed E-state index contributed by atoms with van der Waals surface area (Å²) < 4.78 is 16.1. The molecular formula is C7H17KO3SSi. The van der Waals surface area contributed by atoms with Crippen LogP contribution in [0.5, 0.6) is 0 Å². The summed E-state index contributed by atoms with van der Waals surface area (Å²) in [6, 6.07) is 0. The number of rotatable bonds is 5. The van der Waals surface area contributed by atoms with Gasteiger partial charge in [0.15, 0.2) is 0 Å². The Balaban J connectivity index is 0. The van der Waals surface area contributed by atoms with Crippen molar-refractivity contribution >= 4 is 77.5 Å². The zero-order valence-electron chi connectivity index (χ0n) is 8.05. The van der Waals surface area contributed by atoms with Gasteiger partial charge in [-0.2, -0.15) is 0 Å². The van der Waals surface area contributed by atoms with Gasteiger partial charge in [-0.1, -0.05) is 0 Å². The molecule has 0 spiro atoms. The molecule has 0 amide bonds. The Labute approximate surface area is 129 Å². The summed E-state index contributed by atoms with van der Waals surface area (Å²) in [6.07, 6.45) is 0. The van der Waals surface area contributed by atoms with E-state index in [4.69, 9.17) is 25.5 Å². The zero-order valence-corrected chi connectivity index (χ0v) is 9.86. The molecule has 0 aliphatic carbocycles. The molecule has 0 aromatic carbocycles. The van der Waals surface area contributed by atoms with Crippen LogP contribution in [0.4, 0.5) is 0 Å². The van der Waals surface area contributed by atoms with Crippen LogP contribution in [0.3, 0.4) is 0 Å². The molecule has 0 heterocycles. The normalized spacial score (nSPS) is 10.5. The average molecular weight is 248 g/mol. The average Bonchev–Trinajstić information content (AvgIpc) is 1.85. The first-order chi connectivity index (χ1) is 5.54. The fraction of sp³-hybridized carbons (Fsp3) is 0.857. The third-order valence-electron chi connectivity index (χ3n) is 1.14. The molecule has 0 rings (SSSR count). The summed E-state index contributed by atoms with van der Waals surface area (Å²) in [4.78, 5) is 0. The van der Waals surface area contributed by atoms with E-state index in [1.54, 1.807) is 6.92 Å². The minimum absolute atomic E-state index is 0. The molecule has 0 saturated heterocycles. The molecule has 0 atom stereocenters. The standard InChI is InChI=1S/C7H16O3SSi.K.H/c1-5-8-12(4,9-6-2)10-7(3)11;;/h5-6H2,1-4H3;;.